The Morgan fingerprint density at radius 2 is 2.26 bits per heavy atom. The lowest BCUT2D eigenvalue weighted by atomic mass is 10.1. The molecule has 98 valence electrons. The fraction of sp³-hybridized carbons (Fsp3) is 0.267. The highest BCUT2D eigenvalue weighted by molar-refractivity contribution is 7.10. The van der Waals surface area contributed by atoms with Crippen LogP contribution in [0.15, 0.2) is 41.8 Å². The van der Waals surface area contributed by atoms with Crippen LogP contribution in [0, 0.1) is 11.3 Å². The second-order valence-corrected chi connectivity index (χ2v) is 5.11. The van der Waals surface area contributed by atoms with E-state index in [0.29, 0.717) is 0 Å². The van der Waals surface area contributed by atoms with Crippen LogP contribution < -0.4 is 10.1 Å². The zero-order valence-electron chi connectivity index (χ0n) is 10.8. The van der Waals surface area contributed by atoms with Crippen molar-refractivity contribution < 1.29 is 4.74 Å². The Morgan fingerprint density at radius 3 is 2.95 bits per heavy atom. The minimum atomic E-state index is -0.217. The topological polar surface area (TPSA) is 45.0 Å². The van der Waals surface area contributed by atoms with E-state index in [0.717, 1.165) is 23.6 Å². The lowest BCUT2D eigenvalue weighted by Crippen LogP contribution is -2.21. The Bertz CT molecular complexity index is 546. The lowest BCUT2D eigenvalue weighted by Gasteiger charge is -2.10. The van der Waals surface area contributed by atoms with E-state index >= 15 is 0 Å². The van der Waals surface area contributed by atoms with Gasteiger partial charge in [0.15, 0.2) is 0 Å². The molecule has 0 radical (unpaired) electrons. The van der Waals surface area contributed by atoms with Crippen LogP contribution in [-0.4, -0.2) is 13.7 Å². The van der Waals surface area contributed by atoms with Gasteiger partial charge in [0.05, 0.1) is 13.2 Å². The van der Waals surface area contributed by atoms with Gasteiger partial charge in [0.25, 0.3) is 0 Å². The van der Waals surface area contributed by atoms with Gasteiger partial charge in [0, 0.05) is 11.4 Å². The van der Waals surface area contributed by atoms with Crippen molar-refractivity contribution in [3.8, 4) is 11.8 Å². The van der Waals surface area contributed by atoms with E-state index in [1.54, 1.807) is 18.4 Å². The molecule has 0 amide bonds. The third kappa shape index (κ3) is 3.82. The fourth-order valence-corrected chi connectivity index (χ4v) is 2.60. The molecule has 1 N–H and O–H groups in total. The van der Waals surface area contributed by atoms with Gasteiger partial charge in [-0.3, -0.25) is 5.32 Å². The van der Waals surface area contributed by atoms with E-state index in [1.165, 1.54) is 5.56 Å². The van der Waals surface area contributed by atoms with Gasteiger partial charge in [0.1, 0.15) is 11.8 Å². The van der Waals surface area contributed by atoms with Gasteiger partial charge in [-0.25, -0.2) is 0 Å². The van der Waals surface area contributed by atoms with Gasteiger partial charge in [-0.15, -0.1) is 11.3 Å². The molecule has 0 bridgehead atoms. The molecule has 2 aromatic rings. The first-order chi connectivity index (χ1) is 9.33. The summed E-state index contributed by atoms with van der Waals surface area (Å²) in [6.45, 7) is 0.767. The minimum Gasteiger partial charge on any atom is -0.497 e. The summed E-state index contributed by atoms with van der Waals surface area (Å²) in [7, 11) is 1.67. The molecule has 1 atom stereocenters. The highest BCUT2D eigenvalue weighted by Gasteiger charge is 2.09. The van der Waals surface area contributed by atoms with Gasteiger partial charge in [-0.1, -0.05) is 18.2 Å². The maximum atomic E-state index is 9.15. The largest absolute Gasteiger partial charge is 0.497 e. The third-order valence-electron chi connectivity index (χ3n) is 2.85. The number of ether oxygens (including phenoxy) is 1. The highest BCUT2D eigenvalue weighted by atomic mass is 32.1. The second kappa shape index (κ2) is 6.93. The zero-order valence-corrected chi connectivity index (χ0v) is 11.6. The van der Waals surface area contributed by atoms with E-state index in [9.17, 15) is 0 Å². The van der Waals surface area contributed by atoms with E-state index in [-0.39, 0.29) is 6.04 Å². The van der Waals surface area contributed by atoms with Crippen LogP contribution in [0.3, 0.4) is 0 Å². The van der Waals surface area contributed by atoms with Crippen molar-refractivity contribution in [3.63, 3.8) is 0 Å². The molecule has 0 aliphatic heterocycles. The van der Waals surface area contributed by atoms with Crippen molar-refractivity contribution >= 4 is 11.3 Å². The van der Waals surface area contributed by atoms with Gasteiger partial charge in [-0.2, -0.15) is 5.26 Å². The summed E-state index contributed by atoms with van der Waals surface area (Å²) in [5.41, 5.74) is 1.20. The molecule has 1 aromatic carbocycles. The summed E-state index contributed by atoms with van der Waals surface area (Å²) in [6, 6.07) is 14.0. The summed E-state index contributed by atoms with van der Waals surface area (Å²) in [5, 5.41) is 14.4. The Balaban J connectivity index is 1.87. The summed E-state index contributed by atoms with van der Waals surface area (Å²) < 4.78 is 5.19. The normalized spacial score (nSPS) is 11.8. The Labute approximate surface area is 117 Å². The van der Waals surface area contributed by atoms with E-state index in [2.05, 4.69) is 17.5 Å². The van der Waals surface area contributed by atoms with Crippen LogP contribution in [-0.2, 0) is 6.42 Å². The Morgan fingerprint density at radius 1 is 1.37 bits per heavy atom. The molecule has 1 aromatic heterocycles. The van der Waals surface area contributed by atoms with Gasteiger partial charge in [0.2, 0.25) is 0 Å². The molecule has 0 saturated heterocycles. The number of nitrogens with one attached hydrogen (secondary N) is 1. The van der Waals surface area contributed by atoms with Crippen LogP contribution in [0.5, 0.6) is 5.75 Å². The average molecular weight is 272 g/mol. The highest BCUT2D eigenvalue weighted by Crippen LogP contribution is 2.18. The zero-order chi connectivity index (χ0) is 13.5. The van der Waals surface area contributed by atoms with Crippen molar-refractivity contribution in [1.29, 1.82) is 5.26 Å². The van der Waals surface area contributed by atoms with Gasteiger partial charge < -0.3 is 4.74 Å². The maximum Gasteiger partial charge on any atom is 0.130 e. The van der Waals surface area contributed by atoms with Crippen LogP contribution in [0.2, 0.25) is 0 Å². The number of hydrogen-bond donors (Lipinski definition) is 1. The number of hydrogen-bond acceptors (Lipinski definition) is 4. The van der Waals surface area contributed by atoms with Crippen LogP contribution in [0.1, 0.15) is 16.5 Å². The molecule has 1 unspecified atom stereocenters. The standard InChI is InChI=1S/C15H16N2OS/c1-18-13-5-2-4-12(10-13)7-8-17-14(11-16)15-6-3-9-19-15/h2-6,9-10,14,17H,7-8H2,1H3. The van der Waals surface area contributed by atoms with Crippen molar-refractivity contribution in [2.45, 2.75) is 12.5 Å². The third-order valence-corrected chi connectivity index (χ3v) is 3.79. The Hall–Kier alpha value is -1.83. The number of rotatable bonds is 6. The second-order valence-electron chi connectivity index (χ2n) is 4.13. The first-order valence-electron chi connectivity index (χ1n) is 6.13. The summed E-state index contributed by atoms with van der Waals surface area (Å²) in [4.78, 5) is 1.06. The van der Waals surface area contributed by atoms with Crippen molar-refractivity contribution in [2.24, 2.45) is 0 Å². The predicted molar refractivity (Wildman–Crippen MR) is 77.4 cm³/mol. The molecule has 2 rings (SSSR count). The smallest absolute Gasteiger partial charge is 0.130 e. The van der Waals surface area contributed by atoms with Crippen LogP contribution in [0.25, 0.3) is 0 Å². The van der Waals surface area contributed by atoms with Gasteiger partial charge >= 0.3 is 0 Å². The monoisotopic (exact) mass is 272 g/mol. The number of nitrogens with zero attached hydrogens (tertiary/aromatic N) is 1. The molecule has 3 nitrogen and oxygen atoms in total. The predicted octanol–water partition coefficient (Wildman–Crippen LogP) is 3.15. The molecule has 0 fully saturated rings. The fourth-order valence-electron chi connectivity index (χ4n) is 1.85. The minimum absolute atomic E-state index is 0.217. The first kappa shape index (κ1) is 13.6. The van der Waals surface area contributed by atoms with Crippen LogP contribution in [0.4, 0.5) is 0 Å². The molecule has 0 aliphatic rings. The van der Waals surface area contributed by atoms with Gasteiger partial charge in [-0.05, 0) is 35.6 Å². The van der Waals surface area contributed by atoms with Crippen molar-refractivity contribution in [1.82, 2.24) is 5.32 Å². The SMILES string of the molecule is COc1cccc(CCNC(C#N)c2cccs2)c1. The first-order valence-corrected chi connectivity index (χ1v) is 7.01. The molecule has 1 heterocycles. The molecular formula is C15H16N2OS. The van der Waals surface area contributed by atoms with E-state index in [1.807, 2.05) is 35.7 Å². The average Bonchev–Trinajstić information content (AvgIpc) is 2.98. The maximum absolute atomic E-state index is 9.15. The number of benzene rings is 1. The van der Waals surface area contributed by atoms with Crippen LogP contribution >= 0.6 is 11.3 Å². The number of nitriles is 1. The Kier molecular flexibility index (Phi) is 4.96. The van der Waals surface area contributed by atoms with Crippen molar-refractivity contribution in [2.75, 3.05) is 13.7 Å². The molecular weight excluding hydrogens is 256 g/mol. The lowest BCUT2D eigenvalue weighted by molar-refractivity contribution is 0.414. The molecule has 0 aliphatic carbocycles. The summed E-state index contributed by atoms with van der Waals surface area (Å²) in [5.74, 6) is 0.868. The van der Waals surface area contributed by atoms with E-state index in [4.69, 9.17) is 10.00 Å². The molecule has 19 heavy (non-hydrogen) atoms. The molecule has 4 heteroatoms. The molecule has 0 saturated carbocycles. The quantitative estimate of drug-likeness (QED) is 0.878. The van der Waals surface area contributed by atoms with Crippen molar-refractivity contribution in [3.05, 3.63) is 52.2 Å². The number of thiophene rings is 1. The molecule has 0 spiro atoms. The number of methoxy groups -OCH3 is 1. The summed E-state index contributed by atoms with van der Waals surface area (Å²) in [6.07, 6.45) is 0.876. The van der Waals surface area contributed by atoms with E-state index < -0.39 is 0 Å². The summed E-state index contributed by atoms with van der Waals surface area (Å²) >= 11 is 1.60.